The molecule has 0 amide bonds. The predicted octanol–water partition coefficient (Wildman–Crippen LogP) is 8.09. The molecule has 5 rings (SSSR count). The molecule has 0 heterocycles. The molecule has 0 saturated carbocycles. The summed E-state index contributed by atoms with van der Waals surface area (Å²) in [7, 11) is 0. The standard InChI is InChI=1S/C27H21Br/c1-27(2)24-10-6-9-22(26(24)23-16-15-21(28)17-25(23)27)20-13-11-19(12-14-20)18-7-4-3-5-8-18/h3-17H,1-2H3. The molecule has 0 bridgehead atoms. The zero-order valence-electron chi connectivity index (χ0n) is 16.0. The first kappa shape index (κ1) is 17.5. The first-order chi connectivity index (χ1) is 13.6. The van der Waals surface area contributed by atoms with Gasteiger partial charge in [0.25, 0.3) is 0 Å². The highest BCUT2D eigenvalue weighted by atomic mass is 79.9. The molecular formula is C27H21Br. The highest BCUT2D eigenvalue weighted by Gasteiger charge is 2.36. The molecule has 0 unspecified atom stereocenters. The third-order valence-corrected chi connectivity index (χ3v) is 6.46. The van der Waals surface area contributed by atoms with Crippen LogP contribution in [0.4, 0.5) is 0 Å². The van der Waals surface area contributed by atoms with E-state index in [1.165, 1.54) is 44.5 Å². The van der Waals surface area contributed by atoms with Crippen LogP contribution in [0.2, 0.25) is 0 Å². The first-order valence-corrected chi connectivity index (χ1v) is 10.4. The summed E-state index contributed by atoms with van der Waals surface area (Å²) < 4.78 is 1.14. The van der Waals surface area contributed by atoms with Crippen molar-refractivity contribution < 1.29 is 0 Å². The van der Waals surface area contributed by atoms with Crippen LogP contribution < -0.4 is 0 Å². The van der Waals surface area contributed by atoms with Crippen LogP contribution in [0.1, 0.15) is 25.0 Å². The molecule has 1 aliphatic rings. The molecule has 136 valence electrons. The van der Waals surface area contributed by atoms with E-state index in [9.17, 15) is 0 Å². The van der Waals surface area contributed by atoms with Gasteiger partial charge in [-0.25, -0.2) is 0 Å². The summed E-state index contributed by atoms with van der Waals surface area (Å²) in [6.45, 7) is 4.65. The second kappa shape index (κ2) is 6.46. The molecule has 0 nitrogen and oxygen atoms in total. The average Bonchev–Trinajstić information content (AvgIpc) is 2.96. The quantitative estimate of drug-likeness (QED) is 0.304. The van der Waals surface area contributed by atoms with E-state index in [1.807, 2.05) is 0 Å². The fraction of sp³-hybridized carbons (Fsp3) is 0.111. The van der Waals surface area contributed by atoms with Gasteiger partial charge in [-0.3, -0.25) is 0 Å². The van der Waals surface area contributed by atoms with Crippen LogP contribution in [-0.2, 0) is 5.41 Å². The van der Waals surface area contributed by atoms with Gasteiger partial charge < -0.3 is 0 Å². The van der Waals surface area contributed by atoms with Gasteiger partial charge in [0, 0.05) is 9.89 Å². The van der Waals surface area contributed by atoms with Gasteiger partial charge in [0.05, 0.1) is 0 Å². The van der Waals surface area contributed by atoms with Crippen LogP contribution in [0.25, 0.3) is 33.4 Å². The minimum Gasteiger partial charge on any atom is -0.0622 e. The lowest BCUT2D eigenvalue weighted by Gasteiger charge is -2.21. The summed E-state index contributed by atoms with van der Waals surface area (Å²) in [5.74, 6) is 0. The molecule has 4 aromatic rings. The van der Waals surface area contributed by atoms with Crippen LogP contribution >= 0.6 is 15.9 Å². The molecule has 1 heteroatoms. The van der Waals surface area contributed by atoms with Crippen molar-refractivity contribution in [3.05, 3.63) is 107 Å². The van der Waals surface area contributed by atoms with E-state index >= 15 is 0 Å². The third kappa shape index (κ3) is 2.65. The minimum atomic E-state index is 0.00837. The summed E-state index contributed by atoms with van der Waals surface area (Å²) >= 11 is 3.65. The number of benzene rings is 4. The van der Waals surface area contributed by atoms with E-state index in [1.54, 1.807) is 0 Å². The molecule has 0 spiro atoms. The molecule has 0 aliphatic heterocycles. The van der Waals surface area contributed by atoms with E-state index in [0.29, 0.717) is 0 Å². The van der Waals surface area contributed by atoms with Gasteiger partial charge in [0.2, 0.25) is 0 Å². The first-order valence-electron chi connectivity index (χ1n) is 9.65. The molecule has 28 heavy (non-hydrogen) atoms. The average molecular weight is 425 g/mol. The SMILES string of the molecule is CC1(C)c2cc(Br)ccc2-c2c(-c3ccc(-c4ccccc4)cc3)cccc21. The number of halogens is 1. The van der Waals surface area contributed by atoms with Crippen molar-refractivity contribution in [2.75, 3.05) is 0 Å². The molecule has 1 aliphatic carbocycles. The maximum Gasteiger partial charge on any atom is 0.0178 e. The van der Waals surface area contributed by atoms with Gasteiger partial charge in [0.1, 0.15) is 0 Å². The molecule has 0 saturated heterocycles. The second-order valence-corrected chi connectivity index (χ2v) is 8.90. The zero-order chi connectivity index (χ0) is 19.3. The second-order valence-electron chi connectivity index (χ2n) is 7.99. The number of rotatable bonds is 2. The summed E-state index contributed by atoms with van der Waals surface area (Å²) in [4.78, 5) is 0. The van der Waals surface area contributed by atoms with Crippen molar-refractivity contribution >= 4 is 15.9 Å². The summed E-state index contributed by atoms with van der Waals surface area (Å²) in [6.07, 6.45) is 0. The smallest absolute Gasteiger partial charge is 0.0178 e. The van der Waals surface area contributed by atoms with Crippen LogP contribution in [-0.4, -0.2) is 0 Å². The highest BCUT2D eigenvalue weighted by molar-refractivity contribution is 9.10. The molecule has 0 fully saturated rings. The van der Waals surface area contributed by atoms with Crippen LogP contribution in [0.15, 0.2) is 95.5 Å². The minimum absolute atomic E-state index is 0.00837. The lowest BCUT2D eigenvalue weighted by molar-refractivity contribution is 0.660. The Balaban J connectivity index is 1.66. The Morgan fingerprint density at radius 2 is 1.25 bits per heavy atom. The topological polar surface area (TPSA) is 0 Å². The predicted molar refractivity (Wildman–Crippen MR) is 123 cm³/mol. The van der Waals surface area contributed by atoms with Crippen LogP contribution in [0.5, 0.6) is 0 Å². The number of hydrogen-bond donors (Lipinski definition) is 0. The third-order valence-electron chi connectivity index (χ3n) is 5.97. The number of fused-ring (bicyclic) bond motifs is 3. The molecule has 0 N–H and O–H groups in total. The van der Waals surface area contributed by atoms with Crippen molar-refractivity contribution in [1.82, 2.24) is 0 Å². The van der Waals surface area contributed by atoms with Gasteiger partial charge in [-0.2, -0.15) is 0 Å². The van der Waals surface area contributed by atoms with E-state index in [0.717, 1.165) is 4.47 Å². The fourth-order valence-electron chi connectivity index (χ4n) is 4.47. The van der Waals surface area contributed by atoms with Crippen molar-refractivity contribution in [1.29, 1.82) is 0 Å². The van der Waals surface area contributed by atoms with Gasteiger partial charge in [0.15, 0.2) is 0 Å². The van der Waals surface area contributed by atoms with Crippen molar-refractivity contribution in [2.45, 2.75) is 19.3 Å². The molecule has 0 radical (unpaired) electrons. The van der Waals surface area contributed by atoms with Gasteiger partial charge in [-0.05, 0) is 56.6 Å². The maximum atomic E-state index is 3.65. The zero-order valence-corrected chi connectivity index (χ0v) is 17.6. The molecule has 4 aromatic carbocycles. The molecule has 0 aromatic heterocycles. The van der Waals surface area contributed by atoms with Crippen molar-refractivity contribution in [2.24, 2.45) is 0 Å². The molecule has 0 atom stereocenters. The van der Waals surface area contributed by atoms with E-state index in [2.05, 4.69) is 121 Å². The van der Waals surface area contributed by atoms with Crippen LogP contribution in [0.3, 0.4) is 0 Å². The highest BCUT2D eigenvalue weighted by Crippen LogP contribution is 2.52. The lowest BCUT2D eigenvalue weighted by Crippen LogP contribution is -2.14. The Kier molecular flexibility index (Phi) is 4.03. The fourth-order valence-corrected chi connectivity index (χ4v) is 4.83. The Hall–Kier alpha value is -2.64. The summed E-state index contributed by atoms with van der Waals surface area (Å²) in [5.41, 5.74) is 10.6. The van der Waals surface area contributed by atoms with E-state index in [-0.39, 0.29) is 5.41 Å². The van der Waals surface area contributed by atoms with Crippen LogP contribution in [0, 0.1) is 0 Å². The Morgan fingerprint density at radius 1 is 0.571 bits per heavy atom. The Bertz CT molecular complexity index is 1170. The normalized spacial score (nSPS) is 13.8. The monoisotopic (exact) mass is 424 g/mol. The van der Waals surface area contributed by atoms with Crippen molar-refractivity contribution in [3.63, 3.8) is 0 Å². The lowest BCUT2D eigenvalue weighted by atomic mass is 9.82. The molecular weight excluding hydrogens is 404 g/mol. The van der Waals surface area contributed by atoms with Crippen molar-refractivity contribution in [3.8, 4) is 33.4 Å². The maximum absolute atomic E-state index is 3.65. The van der Waals surface area contributed by atoms with Gasteiger partial charge >= 0.3 is 0 Å². The summed E-state index contributed by atoms with van der Waals surface area (Å²) in [5, 5.41) is 0. The van der Waals surface area contributed by atoms with Gasteiger partial charge in [-0.15, -0.1) is 0 Å². The largest absolute Gasteiger partial charge is 0.0622 e. The number of hydrogen-bond acceptors (Lipinski definition) is 0. The Labute approximate surface area is 175 Å². The van der Waals surface area contributed by atoms with E-state index in [4.69, 9.17) is 0 Å². The Morgan fingerprint density at radius 3 is 2.00 bits per heavy atom. The van der Waals surface area contributed by atoms with Gasteiger partial charge in [-0.1, -0.05) is 109 Å². The van der Waals surface area contributed by atoms with E-state index < -0.39 is 0 Å². The summed E-state index contributed by atoms with van der Waals surface area (Å²) in [6, 6.07) is 32.9.